The quantitative estimate of drug-likeness (QED) is 0.404. The van der Waals surface area contributed by atoms with Crippen LogP contribution < -0.4 is 9.91 Å². The number of rotatable bonds is 4. The SMILES string of the molecule is Cc1ccc(N2N=C(C(=O)c3ccccc3)[C@H]3C(=O)N(c4ccc(Br)cc4)C(=O)[C@@H]32)cc1. The van der Waals surface area contributed by atoms with E-state index in [1.807, 2.05) is 37.3 Å². The van der Waals surface area contributed by atoms with Gasteiger partial charge in [-0.25, -0.2) is 4.90 Å². The van der Waals surface area contributed by atoms with Crippen molar-refractivity contribution in [3.63, 3.8) is 0 Å². The molecule has 0 saturated carbocycles. The molecule has 3 aromatic rings. The van der Waals surface area contributed by atoms with Crippen LogP contribution in [-0.2, 0) is 9.59 Å². The maximum Gasteiger partial charge on any atom is 0.259 e. The summed E-state index contributed by atoms with van der Waals surface area (Å²) >= 11 is 3.37. The fourth-order valence-electron chi connectivity index (χ4n) is 4.09. The Bertz CT molecular complexity index is 1250. The number of hydrazone groups is 1. The summed E-state index contributed by atoms with van der Waals surface area (Å²) in [6.45, 7) is 1.96. The number of halogens is 1. The second-order valence-electron chi connectivity index (χ2n) is 7.77. The Morgan fingerprint density at radius 2 is 1.47 bits per heavy atom. The predicted octanol–water partition coefficient (Wildman–Crippen LogP) is 4.37. The van der Waals surface area contributed by atoms with Crippen molar-refractivity contribution >= 4 is 50.6 Å². The van der Waals surface area contributed by atoms with Crippen molar-refractivity contribution in [2.24, 2.45) is 11.0 Å². The first kappa shape index (κ1) is 20.3. The van der Waals surface area contributed by atoms with Crippen molar-refractivity contribution in [2.75, 3.05) is 9.91 Å². The van der Waals surface area contributed by atoms with Gasteiger partial charge in [-0.2, -0.15) is 5.10 Å². The summed E-state index contributed by atoms with van der Waals surface area (Å²) in [5.74, 6) is -2.17. The van der Waals surface area contributed by atoms with E-state index in [1.165, 1.54) is 5.01 Å². The van der Waals surface area contributed by atoms with Gasteiger partial charge in [-0.3, -0.25) is 19.4 Å². The van der Waals surface area contributed by atoms with Crippen LogP contribution in [0.1, 0.15) is 15.9 Å². The summed E-state index contributed by atoms with van der Waals surface area (Å²) in [6.07, 6.45) is 0. The number of anilines is 2. The number of hydrogen-bond donors (Lipinski definition) is 0. The third-order valence-electron chi connectivity index (χ3n) is 5.70. The number of benzene rings is 3. The molecule has 0 unspecified atom stereocenters. The molecule has 2 aliphatic heterocycles. The first-order valence-electron chi connectivity index (χ1n) is 10.1. The zero-order chi connectivity index (χ0) is 22.4. The minimum absolute atomic E-state index is 0.0831. The molecule has 0 aromatic heterocycles. The number of amides is 2. The molecule has 0 N–H and O–H groups in total. The molecule has 32 heavy (non-hydrogen) atoms. The largest absolute Gasteiger partial charge is 0.287 e. The van der Waals surface area contributed by atoms with Crippen molar-refractivity contribution in [2.45, 2.75) is 13.0 Å². The summed E-state index contributed by atoms with van der Waals surface area (Å²) in [5.41, 5.74) is 2.69. The summed E-state index contributed by atoms with van der Waals surface area (Å²) in [7, 11) is 0. The Morgan fingerprint density at radius 3 is 2.12 bits per heavy atom. The van der Waals surface area contributed by atoms with Gasteiger partial charge < -0.3 is 0 Å². The smallest absolute Gasteiger partial charge is 0.259 e. The van der Waals surface area contributed by atoms with E-state index in [1.54, 1.807) is 48.5 Å². The third kappa shape index (κ3) is 3.26. The van der Waals surface area contributed by atoms with Crippen LogP contribution in [0, 0.1) is 12.8 Å². The number of carbonyl (C=O) groups is 3. The van der Waals surface area contributed by atoms with E-state index in [4.69, 9.17) is 0 Å². The standard InChI is InChI=1S/C25H18BrN3O3/c1-15-7-11-19(12-8-15)29-22-20(21(27-29)23(30)16-5-3-2-4-6-16)24(31)28(25(22)32)18-13-9-17(26)10-14-18/h2-14,20,22H,1H3/t20-,22-/m1/s1. The van der Waals surface area contributed by atoms with Gasteiger partial charge in [-0.05, 0) is 43.3 Å². The van der Waals surface area contributed by atoms with Crippen molar-refractivity contribution in [3.05, 3.63) is 94.5 Å². The molecule has 2 aliphatic rings. The van der Waals surface area contributed by atoms with Crippen LogP contribution in [0.5, 0.6) is 0 Å². The number of imide groups is 1. The Balaban J connectivity index is 1.61. The van der Waals surface area contributed by atoms with E-state index >= 15 is 0 Å². The van der Waals surface area contributed by atoms with Gasteiger partial charge in [0, 0.05) is 10.0 Å². The van der Waals surface area contributed by atoms with E-state index in [2.05, 4.69) is 21.0 Å². The summed E-state index contributed by atoms with van der Waals surface area (Å²) in [5, 5.41) is 6.03. The van der Waals surface area contributed by atoms with Crippen LogP contribution in [0.2, 0.25) is 0 Å². The molecule has 2 atom stereocenters. The van der Waals surface area contributed by atoms with Gasteiger partial charge in [0.05, 0.1) is 11.4 Å². The third-order valence-corrected chi connectivity index (χ3v) is 6.23. The topological polar surface area (TPSA) is 70.1 Å². The Labute approximate surface area is 193 Å². The summed E-state index contributed by atoms with van der Waals surface area (Å²) in [4.78, 5) is 41.5. The molecule has 2 amide bonds. The van der Waals surface area contributed by atoms with Crippen molar-refractivity contribution in [1.29, 1.82) is 0 Å². The molecule has 3 aromatic carbocycles. The van der Waals surface area contributed by atoms with E-state index < -0.39 is 23.8 Å². The molecule has 5 rings (SSSR count). The Morgan fingerprint density at radius 1 is 0.844 bits per heavy atom. The second kappa shape index (κ2) is 7.84. The van der Waals surface area contributed by atoms with Crippen LogP contribution in [0.25, 0.3) is 0 Å². The van der Waals surface area contributed by atoms with Crippen LogP contribution in [0.3, 0.4) is 0 Å². The maximum atomic E-state index is 13.5. The average Bonchev–Trinajstić information content (AvgIpc) is 3.32. The fraction of sp³-hybridized carbons (Fsp3) is 0.120. The van der Waals surface area contributed by atoms with Crippen LogP contribution in [-0.4, -0.2) is 29.4 Å². The van der Waals surface area contributed by atoms with Gasteiger partial charge >= 0.3 is 0 Å². The molecule has 6 nitrogen and oxygen atoms in total. The van der Waals surface area contributed by atoms with Gasteiger partial charge in [0.1, 0.15) is 17.7 Å². The molecule has 0 radical (unpaired) electrons. The van der Waals surface area contributed by atoms with Crippen molar-refractivity contribution < 1.29 is 14.4 Å². The Hall–Kier alpha value is -3.58. The minimum atomic E-state index is -0.972. The lowest BCUT2D eigenvalue weighted by Gasteiger charge is -2.22. The van der Waals surface area contributed by atoms with E-state index in [9.17, 15) is 14.4 Å². The van der Waals surface area contributed by atoms with Gasteiger partial charge in [-0.1, -0.05) is 64.0 Å². The zero-order valence-corrected chi connectivity index (χ0v) is 18.7. The van der Waals surface area contributed by atoms with Crippen LogP contribution >= 0.6 is 15.9 Å². The van der Waals surface area contributed by atoms with Crippen molar-refractivity contribution in [3.8, 4) is 0 Å². The molecule has 2 heterocycles. The zero-order valence-electron chi connectivity index (χ0n) is 17.1. The molecule has 1 fully saturated rings. The number of nitrogens with zero attached hydrogens (tertiary/aromatic N) is 3. The van der Waals surface area contributed by atoms with Gasteiger partial charge in [0.25, 0.3) is 5.91 Å². The maximum absolute atomic E-state index is 13.5. The highest BCUT2D eigenvalue weighted by Crippen LogP contribution is 2.38. The molecule has 0 spiro atoms. The molecule has 1 saturated heterocycles. The number of hydrogen-bond acceptors (Lipinski definition) is 5. The predicted molar refractivity (Wildman–Crippen MR) is 126 cm³/mol. The van der Waals surface area contributed by atoms with Gasteiger partial charge in [0.15, 0.2) is 0 Å². The van der Waals surface area contributed by atoms with Gasteiger partial charge in [-0.15, -0.1) is 0 Å². The first-order valence-corrected chi connectivity index (χ1v) is 10.9. The average molecular weight is 488 g/mol. The second-order valence-corrected chi connectivity index (χ2v) is 8.69. The van der Waals surface area contributed by atoms with E-state index in [-0.39, 0.29) is 11.5 Å². The minimum Gasteiger partial charge on any atom is -0.287 e. The van der Waals surface area contributed by atoms with Gasteiger partial charge in [0.2, 0.25) is 11.7 Å². The van der Waals surface area contributed by atoms with E-state index in [0.717, 1.165) is 14.9 Å². The van der Waals surface area contributed by atoms with Crippen LogP contribution in [0.15, 0.2) is 88.4 Å². The molecule has 158 valence electrons. The lowest BCUT2D eigenvalue weighted by Crippen LogP contribution is -2.39. The van der Waals surface area contributed by atoms with Crippen LogP contribution in [0.4, 0.5) is 11.4 Å². The number of fused-ring (bicyclic) bond motifs is 1. The highest BCUT2D eigenvalue weighted by atomic mass is 79.9. The molecule has 0 aliphatic carbocycles. The lowest BCUT2D eigenvalue weighted by atomic mass is 9.92. The fourth-order valence-corrected chi connectivity index (χ4v) is 4.36. The number of ketones is 1. The van der Waals surface area contributed by atoms with E-state index in [0.29, 0.717) is 16.9 Å². The molecule has 0 bridgehead atoms. The molecular formula is C25H18BrN3O3. The Kier molecular flexibility index (Phi) is 4.98. The highest BCUT2D eigenvalue weighted by Gasteiger charge is 2.58. The summed E-state index contributed by atoms with van der Waals surface area (Å²) < 4.78 is 0.836. The lowest BCUT2D eigenvalue weighted by molar-refractivity contribution is -0.121. The number of Topliss-reactive ketones (excluding diaryl/α,β-unsaturated/α-hetero) is 1. The molecular weight excluding hydrogens is 470 g/mol. The normalized spacial score (nSPS) is 19.9. The number of aryl methyl sites for hydroxylation is 1. The monoisotopic (exact) mass is 487 g/mol. The highest BCUT2D eigenvalue weighted by molar-refractivity contribution is 9.10. The number of carbonyl (C=O) groups excluding carboxylic acids is 3. The molecule has 7 heteroatoms. The van der Waals surface area contributed by atoms with Crippen molar-refractivity contribution in [1.82, 2.24) is 0 Å². The first-order chi connectivity index (χ1) is 15.5. The summed E-state index contributed by atoms with van der Waals surface area (Å²) in [6, 6.07) is 22.2.